The van der Waals surface area contributed by atoms with Crippen molar-refractivity contribution in [3.63, 3.8) is 0 Å². The monoisotopic (exact) mass is 504 g/mol. The fourth-order valence-corrected chi connectivity index (χ4v) is 4.77. The minimum Gasteiger partial charge on any atom is -0.497 e. The van der Waals surface area contributed by atoms with Crippen LogP contribution in [0.2, 0.25) is 5.02 Å². The number of benzene rings is 3. The van der Waals surface area contributed by atoms with Gasteiger partial charge < -0.3 is 19.5 Å². The van der Waals surface area contributed by atoms with Gasteiger partial charge in [0.05, 0.1) is 36.4 Å². The molecular weight excluding hydrogens is 480 g/mol. The number of methoxy groups -OCH3 is 2. The van der Waals surface area contributed by atoms with Crippen molar-refractivity contribution in [2.24, 2.45) is 0 Å². The number of carbonyl (C=O) groups excluding carboxylic acids is 1. The van der Waals surface area contributed by atoms with Crippen molar-refractivity contribution in [2.75, 3.05) is 38.2 Å². The van der Waals surface area contributed by atoms with E-state index in [1.54, 1.807) is 55.6 Å². The van der Waals surface area contributed by atoms with E-state index < -0.39 is 22.5 Å². The number of sulfonamides is 1. The van der Waals surface area contributed by atoms with Crippen LogP contribution in [0.1, 0.15) is 0 Å². The Hall–Kier alpha value is -3.43. The zero-order chi connectivity index (χ0) is 24.6. The third-order valence-electron chi connectivity index (χ3n) is 4.78. The highest BCUT2D eigenvalue weighted by Crippen LogP contribution is 2.31. The number of nitrogens with zero attached hydrogens (tertiary/aromatic N) is 1. The van der Waals surface area contributed by atoms with Gasteiger partial charge in [-0.15, -0.1) is 0 Å². The lowest BCUT2D eigenvalue weighted by Gasteiger charge is -2.24. The smallest absolute Gasteiger partial charge is 0.264 e. The largest absolute Gasteiger partial charge is 0.497 e. The fraction of sp³-hybridized carbons (Fsp3) is 0.208. The number of rotatable bonds is 11. The van der Waals surface area contributed by atoms with Crippen molar-refractivity contribution in [2.45, 2.75) is 4.90 Å². The Labute approximate surface area is 204 Å². The van der Waals surface area contributed by atoms with Crippen LogP contribution in [0.5, 0.6) is 17.2 Å². The van der Waals surface area contributed by atoms with E-state index in [4.69, 9.17) is 25.8 Å². The number of amides is 1. The zero-order valence-electron chi connectivity index (χ0n) is 18.7. The highest BCUT2D eigenvalue weighted by Gasteiger charge is 2.27. The van der Waals surface area contributed by atoms with Gasteiger partial charge in [-0.3, -0.25) is 9.10 Å². The molecule has 0 unspecified atom stereocenters. The summed E-state index contributed by atoms with van der Waals surface area (Å²) in [6.07, 6.45) is 0. The van der Waals surface area contributed by atoms with E-state index in [0.717, 1.165) is 4.31 Å². The van der Waals surface area contributed by atoms with Crippen LogP contribution >= 0.6 is 11.6 Å². The van der Waals surface area contributed by atoms with E-state index in [1.807, 2.05) is 0 Å². The molecule has 0 bridgehead atoms. The van der Waals surface area contributed by atoms with Crippen LogP contribution in [0.25, 0.3) is 0 Å². The maximum atomic E-state index is 13.3. The summed E-state index contributed by atoms with van der Waals surface area (Å²) in [4.78, 5) is 12.7. The highest BCUT2D eigenvalue weighted by atomic mass is 35.5. The normalized spacial score (nSPS) is 10.9. The first-order valence-electron chi connectivity index (χ1n) is 10.3. The van der Waals surface area contributed by atoms with Crippen LogP contribution in [0.15, 0.2) is 77.7 Å². The second kappa shape index (κ2) is 11.6. The Balaban J connectivity index is 1.72. The summed E-state index contributed by atoms with van der Waals surface area (Å²) in [7, 11) is -1.02. The van der Waals surface area contributed by atoms with E-state index >= 15 is 0 Å². The fourth-order valence-electron chi connectivity index (χ4n) is 3.08. The van der Waals surface area contributed by atoms with Gasteiger partial charge >= 0.3 is 0 Å². The lowest BCUT2D eigenvalue weighted by atomic mass is 10.3. The second-order valence-corrected chi connectivity index (χ2v) is 9.29. The standard InChI is InChI=1S/C24H25ClN2O6S/c1-31-19-7-6-8-20(16-19)33-14-13-26-24(28)17-27(18-11-12-23(32-2)22(25)15-18)34(29,30)21-9-4-3-5-10-21/h3-12,15-16H,13-14,17H2,1-2H3,(H,26,28). The van der Waals surface area contributed by atoms with Crippen LogP contribution in [0, 0.1) is 0 Å². The molecule has 0 aromatic heterocycles. The molecule has 3 aromatic carbocycles. The average Bonchev–Trinajstić information content (AvgIpc) is 2.85. The molecule has 0 saturated heterocycles. The number of hydrogen-bond acceptors (Lipinski definition) is 6. The first-order valence-corrected chi connectivity index (χ1v) is 12.1. The first kappa shape index (κ1) is 25.2. The van der Waals surface area contributed by atoms with E-state index in [2.05, 4.69) is 5.32 Å². The molecule has 0 aliphatic carbocycles. The molecule has 0 spiro atoms. The quantitative estimate of drug-likeness (QED) is 0.400. The molecule has 34 heavy (non-hydrogen) atoms. The molecule has 0 aliphatic heterocycles. The van der Waals surface area contributed by atoms with Gasteiger partial charge in [-0.1, -0.05) is 35.9 Å². The third-order valence-corrected chi connectivity index (χ3v) is 6.86. The topological polar surface area (TPSA) is 94.2 Å². The summed E-state index contributed by atoms with van der Waals surface area (Å²) in [6, 6.07) is 19.5. The predicted octanol–water partition coefficient (Wildman–Crippen LogP) is 3.75. The zero-order valence-corrected chi connectivity index (χ0v) is 20.3. The van der Waals surface area contributed by atoms with Gasteiger partial charge in [0, 0.05) is 6.07 Å². The summed E-state index contributed by atoms with van der Waals surface area (Å²) in [6.45, 7) is -0.0730. The van der Waals surface area contributed by atoms with Crippen molar-refractivity contribution in [1.82, 2.24) is 5.32 Å². The number of nitrogens with one attached hydrogen (secondary N) is 1. The van der Waals surface area contributed by atoms with Crippen LogP contribution in [0.3, 0.4) is 0 Å². The molecule has 0 fully saturated rings. The molecule has 0 saturated carbocycles. The van der Waals surface area contributed by atoms with Gasteiger partial charge in [-0.05, 0) is 42.5 Å². The molecule has 10 heteroatoms. The van der Waals surface area contributed by atoms with Crippen LogP contribution in [0.4, 0.5) is 5.69 Å². The van der Waals surface area contributed by atoms with Gasteiger partial charge in [0.1, 0.15) is 30.4 Å². The number of hydrogen-bond donors (Lipinski definition) is 1. The molecule has 3 aromatic rings. The van der Waals surface area contributed by atoms with Crippen LogP contribution in [-0.2, 0) is 14.8 Å². The molecule has 0 heterocycles. The first-order chi connectivity index (χ1) is 16.3. The number of carbonyl (C=O) groups is 1. The molecule has 1 N–H and O–H groups in total. The van der Waals surface area contributed by atoms with Crippen molar-refractivity contribution >= 4 is 33.2 Å². The van der Waals surface area contributed by atoms with E-state index in [-0.39, 0.29) is 28.8 Å². The Morgan fingerprint density at radius 1 is 0.941 bits per heavy atom. The molecule has 0 radical (unpaired) electrons. The molecule has 8 nitrogen and oxygen atoms in total. The summed E-state index contributed by atoms with van der Waals surface area (Å²) < 4.78 is 43.6. The van der Waals surface area contributed by atoms with Crippen molar-refractivity contribution in [3.05, 3.63) is 77.8 Å². The van der Waals surface area contributed by atoms with Gasteiger partial charge in [0.2, 0.25) is 5.91 Å². The Bertz CT molecular complexity index is 1220. The van der Waals surface area contributed by atoms with Crippen LogP contribution < -0.4 is 23.8 Å². The molecule has 180 valence electrons. The maximum Gasteiger partial charge on any atom is 0.264 e. The molecular formula is C24H25ClN2O6S. The molecule has 3 rings (SSSR count). The molecule has 0 aliphatic rings. The van der Waals surface area contributed by atoms with E-state index in [0.29, 0.717) is 17.2 Å². The maximum absolute atomic E-state index is 13.3. The lowest BCUT2D eigenvalue weighted by Crippen LogP contribution is -2.41. The average molecular weight is 505 g/mol. The summed E-state index contributed by atoms with van der Waals surface area (Å²) in [5.41, 5.74) is 0.234. The van der Waals surface area contributed by atoms with Crippen LogP contribution in [-0.4, -0.2) is 48.2 Å². The predicted molar refractivity (Wildman–Crippen MR) is 130 cm³/mol. The van der Waals surface area contributed by atoms with Crippen molar-refractivity contribution < 1.29 is 27.4 Å². The highest BCUT2D eigenvalue weighted by molar-refractivity contribution is 7.92. The SMILES string of the molecule is COc1cccc(OCCNC(=O)CN(c2ccc(OC)c(Cl)c2)S(=O)(=O)c2ccccc2)c1. The van der Waals surface area contributed by atoms with Gasteiger partial charge in [0.15, 0.2) is 0 Å². The number of ether oxygens (including phenoxy) is 3. The van der Waals surface area contributed by atoms with Crippen molar-refractivity contribution in [1.29, 1.82) is 0 Å². The van der Waals surface area contributed by atoms with Gasteiger partial charge in [-0.2, -0.15) is 0 Å². The minimum absolute atomic E-state index is 0.0519. The molecule has 0 atom stereocenters. The number of halogens is 1. The Morgan fingerprint density at radius 2 is 1.68 bits per heavy atom. The summed E-state index contributed by atoms with van der Waals surface area (Å²) in [5, 5.41) is 2.91. The van der Waals surface area contributed by atoms with E-state index in [1.165, 1.54) is 31.4 Å². The van der Waals surface area contributed by atoms with E-state index in [9.17, 15) is 13.2 Å². The molecule has 1 amide bonds. The Kier molecular flexibility index (Phi) is 8.61. The van der Waals surface area contributed by atoms with Gasteiger partial charge in [0.25, 0.3) is 10.0 Å². The number of anilines is 1. The van der Waals surface area contributed by atoms with Gasteiger partial charge in [-0.25, -0.2) is 8.42 Å². The second-order valence-electron chi connectivity index (χ2n) is 7.02. The third kappa shape index (κ3) is 6.33. The summed E-state index contributed by atoms with van der Waals surface area (Å²) >= 11 is 6.22. The lowest BCUT2D eigenvalue weighted by molar-refractivity contribution is -0.119. The minimum atomic E-state index is -4.04. The summed E-state index contributed by atoms with van der Waals surface area (Å²) in [5.74, 6) is 1.14. The van der Waals surface area contributed by atoms with Crippen molar-refractivity contribution in [3.8, 4) is 17.2 Å². The Morgan fingerprint density at radius 3 is 2.35 bits per heavy atom.